The van der Waals surface area contributed by atoms with E-state index in [2.05, 4.69) is 20.9 Å². The van der Waals surface area contributed by atoms with Gasteiger partial charge in [-0.15, -0.1) is 0 Å². The summed E-state index contributed by atoms with van der Waals surface area (Å²) in [6.07, 6.45) is 1.68. The summed E-state index contributed by atoms with van der Waals surface area (Å²) in [5.74, 6) is 0.110. The fraction of sp³-hybridized carbons (Fsp3) is 0.0476. The number of esters is 1. The first-order valence-electron chi connectivity index (χ1n) is 8.11. The first-order chi connectivity index (χ1) is 12.6. The second-order valence-electron chi connectivity index (χ2n) is 5.97. The summed E-state index contributed by atoms with van der Waals surface area (Å²) in [4.78, 5) is 16.6. The zero-order valence-corrected chi connectivity index (χ0v) is 15.4. The Balaban J connectivity index is 1.70. The predicted molar refractivity (Wildman–Crippen MR) is 107 cm³/mol. The van der Waals surface area contributed by atoms with Crippen molar-refractivity contribution in [2.75, 3.05) is 5.73 Å². The highest BCUT2D eigenvalue weighted by Gasteiger charge is 2.12. The first kappa shape index (κ1) is 16.5. The van der Waals surface area contributed by atoms with Crippen molar-refractivity contribution in [2.45, 2.75) is 6.61 Å². The molecule has 0 atom stereocenters. The van der Waals surface area contributed by atoms with Crippen LogP contribution in [0.5, 0.6) is 0 Å². The molecule has 1 heterocycles. The highest BCUT2D eigenvalue weighted by Crippen LogP contribution is 2.34. The lowest BCUT2D eigenvalue weighted by Gasteiger charge is -2.10. The second-order valence-corrected chi connectivity index (χ2v) is 6.83. The summed E-state index contributed by atoms with van der Waals surface area (Å²) in [5, 5.41) is 3.72. The molecule has 0 bridgehead atoms. The van der Waals surface area contributed by atoms with Gasteiger partial charge >= 0.3 is 5.97 Å². The lowest BCUT2D eigenvalue weighted by Crippen LogP contribution is -2.05. The minimum atomic E-state index is -0.355. The number of nitrogens with zero attached hydrogens (tertiary/aromatic N) is 1. The minimum absolute atomic E-state index is 0.246. The molecule has 26 heavy (non-hydrogen) atoms. The van der Waals surface area contributed by atoms with Crippen molar-refractivity contribution in [1.29, 1.82) is 0 Å². The van der Waals surface area contributed by atoms with E-state index in [4.69, 9.17) is 10.5 Å². The number of aromatic nitrogens is 1. The zero-order chi connectivity index (χ0) is 18.1. The van der Waals surface area contributed by atoms with Crippen LogP contribution in [0.1, 0.15) is 15.9 Å². The van der Waals surface area contributed by atoms with Crippen LogP contribution in [-0.4, -0.2) is 11.0 Å². The standard InChI is InChI=1S/C21H15BrN2O2/c22-18-11-15-10-14(21(25)26-12-13-4-2-1-3-5-13)6-7-16(15)19-17(18)8-9-24-20(19)23/h1-11H,12H2,(H2,23,24). The Hall–Kier alpha value is -2.92. The third-order valence-electron chi connectivity index (χ3n) is 4.29. The monoisotopic (exact) mass is 406 g/mol. The Labute approximate surface area is 158 Å². The highest BCUT2D eigenvalue weighted by atomic mass is 79.9. The Morgan fingerprint density at radius 1 is 1.04 bits per heavy atom. The van der Waals surface area contributed by atoms with Gasteiger partial charge in [0.05, 0.1) is 5.56 Å². The molecule has 0 aliphatic carbocycles. The van der Waals surface area contributed by atoms with Crippen LogP contribution in [0.4, 0.5) is 5.82 Å². The molecule has 0 amide bonds. The Morgan fingerprint density at radius 2 is 1.85 bits per heavy atom. The topological polar surface area (TPSA) is 65.2 Å². The van der Waals surface area contributed by atoms with Gasteiger partial charge < -0.3 is 10.5 Å². The molecular weight excluding hydrogens is 392 g/mol. The smallest absolute Gasteiger partial charge is 0.338 e. The molecule has 4 nitrogen and oxygen atoms in total. The maximum absolute atomic E-state index is 12.4. The number of carbonyl (C=O) groups excluding carboxylic acids is 1. The third-order valence-corrected chi connectivity index (χ3v) is 4.95. The van der Waals surface area contributed by atoms with Crippen molar-refractivity contribution in [3.63, 3.8) is 0 Å². The molecule has 0 fully saturated rings. The number of benzene rings is 3. The van der Waals surface area contributed by atoms with Crippen LogP contribution < -0.4 is 5.73 Å². The van der Waals surface area contributed by atoms with E-state index in [-0.39, 0.29) is 12.6 Å². The van der Waals surface area contributed by atoms with Gasteiger partial charge in [0.15, 0.2) is 0 Å². The largest absolute Gasteiger partial charge is 0.457 e. The number of hydrogen-bond donors (Lipinski definition) is 1. The molecular formula is C21H15BrN2O2. The van der Waals surface area contributed by atoms with Crippen molar-refractivity contribution < 1.29 is 9.53 Å². The molecule has 0 saturated heterocycles. The number of nitrogen functional groups attached to an aromatic ring is 1. The predicted octanol–water partition coefficient (Wildman–Crippen LogP) is 5.09. The summed E-state index contributed by atoms with van der Waals surface area (Å²) < 4.78 is 6.32. The molecule has 3 aromatic carbocycles. The first-order valence-corrected chi connectivity index (χ1v) is 8.90. The average molecular weight is 407 g/mol. The summed E-state index contributed by atoms with van der Waals surface area (Å²) in [6.45, 7) is 0.246. The van der Waals surface area contributed by atoms with Gasteiger partial charge in [0.1, 0.15) is 12.4 Å². The van der Waals surface area contributed by atoms with Crippen LogP contribution in [-0.2, 0) is 11.3 Å². The molecule has 5 heteroatoms. The maximum Gasteiger partial charge on any atom is 0.338 e. The van der Waals surface area contributed by atoms with Gasteiger partial charge in [-0.3, -0.25) is 0 Å². The Morgan fingerprint density at radius 3 is 2.65 bits per heavy atom. The number of carbonyl (C=O) groups is 1. The quantitative estimate of drug-likeness (QED) is 0.380. The summed E-state index contributed by atoms with van der Waals surface area (Å²) in [6, 6.07) is 19.0. The van der Waals surface area contributed by atoms with Crippen LogP contribution in [0.25, 0.3) is 21.5 Å². The van der Waals surface area contributed by atoms with Gasteiger partial charge in [0.2, 0.25) is 0 Å². The number of hydrogen-bond acceptors (Lipinski definition) is 4. The number of ether oxygens (including phenoxy) is 1. The van der Waals surface area contributed by atoms with Crippen LogP contribution in [0, 0.1) is 0 Å². The Bertz CT molecular complexity index is 1130. The molecule has 4 rings (SSSR count). The number of nitrogens with two attached hydrogens (primary N) is 1. The molecule has 128 valence electrons. The van der Waals surface area contributed by atoms with E-state index in [0.29, 0.717) is 11.4 Å². The molecule has 0 aliphatic heterocycles. The number of anilines is 1. The van der Waals surface area contributed by atoms with Gasteiger partial charge in [-0.05, 0) is 40.6 Å². The van der Waals surface area contributed by atoms with Gasteiger partial charge in [-0.25, -0.2) is 9.78 Å². The average Bonchev–Trinajstić information content (AvgIpc) is 2.67. The van der Waals surface area contributed by atoms with Crippen molar-refractivity contribution in [3.05, 3.63) is 82.5 Å². The van der Waals surface area contributed by atoms with Crippen molar-refractivity contribution in [2.24, 2.45) is 0 Å². The second kappa shape index (κ2) is 6.77. The maximum atomic E-state index is 12.4. The summed E-state index contributed by atoms with van der Waals surface area (Å²) in [5.41, 5.74) is 7.53. The van der Waals surface area contributed by atoms with E-state index in [9.17, 15) is 4.79 Å². The summed E-state index contributed by atoms with van der Waals surface area (Å²) in [7, 11) is 0. The molecule has 0 aliphatic rings. The number of pyridine rings is 1. The molecule has 0 radical (unpaired) electrons. The van der Waals surface area contributed by atoms with E-state index >= 15 is 0 Å². The van der Waals surface area contributed by atoms with E-state index in [1.54, 1.807) is 12.3 Å². The van der Waals surface area contributed by atoms with Gasteiger partial charge in [0.25, 0.3) is 0 Å². The van der Waals surface area contributed by atoms with Gasteiger partial charge in [-0.1, -0.05) is 52.3 Å². The van der Waals surface area contributed by atoms with E-state index in [1.165, 1.54) is 0 Å². The van der Waals surface area contributed by atoms with E-state index in [1.807, 2.05) is 54.6 Å². The molecule has 1 aromatic heterocycles. The Kier molecular flexibility index (Phi) is 4.31. The van der Waals surface area contributed by atoms with Crippen molar-refractivity contribution >= 4 is 49.3 Å². The normalized spacial score (nSPS) is 11.0. The van der Waals surface area contributed by atoms with Crippen LogP contribution in [0.15, 0.2) is 71.3 Å². The van der Waals surface area contributed by atoms with E-state index in [0.717, 1.165) is 31.6 Å². The van der Waals surface area contributed by atoms with E-state index < -0.39 is 0 Å². The minimum Gasteiger partial charge on any atom is -0.457 e. The lowest BCUT2D eigenvalue weighted by molar-refractivity contribution is 0.0473. The van der Waals surface area contributed by atoms with Gasteiger partial charge in [0, 0.05) is 21.4 Å². The molecule has 0 spiro atoms. The van der Waals surface area contributed by atoms with Crippen LogP contribution in [0.3, 0.4) is 0 Å². The SMILES string of the molecule is Nc1nccc2c(Br)cc3cc(C(=O)OCc4ccccc4)ccc3c12. The van der Waals surface area contributed by atoms with Crippen LogP contribution >= 0.6 is 15.9 Å². The van der Waals surface area contributed by atoms with Gasteiger partial charge in [-0.2, -0.15) is 0 Å². The summed E-state index contributed by atoms with van der Waals surface area (Å²) >= 11 is 3.58. The lowest BCUT2D eigenvalue weighted by atomic mass is 10.0. The highest BCUT2D eigenvalue weighted by molar-refractivity contribution is 9.10. The van der Waals surface area contributed by atoms with Crippen molar-refractivity contribution in [3.8, 4) is 0 Å². The fourth-order valence-electron chi connectivity index (χ4n) is 3.02. The van der Waals surface area contributed by atoms with Crippen LogP contribution in [0.2, 0.25) is 0 Å². The molecule has 4 aromatic rings. The third kappa shape index (κ3) is 3.02. The molecule has 0 unspecified atom stereocenters. The zero-order valence-electron chi connectivity index (χ0n) is 13.8. The number of rotatable bonds is 3. The fourth-order valence-corrected chi connectivity index (χ4v) is 3.59. The number of halogens is 1. The number of fused-ring (bicyclic) bond motifs is 3. The molecule has 2 N–H and O–H groups in total. The van der Waals surface area contributed by atoms with Crippen molar-refractivity contribution in [1.82, 2.24) is 4.98 Å². The molecule has 0 saturated carbocycles.